The molecule has 0 aliphatic heterocycles. The van der Waals surface area contributed by atoms with Gasteiger partial charge in [-0.05, 0) is 13.1 Å². The van der Waals surface area contributed by atoms with Crippen molar-refractivity contribution in [2.24, 2.45) is 5.41 Å². The molecule has 16 heavy (non-hydrogen) atoms. The number of rotatable bonds is 4. The van der Waals surface area contributed by atoms with E-state index in [-0.39, 0.29) is 5.56 Å². The van der Waals surface area contributed by atoms with E-state index in [0.717, 1.165) is 12.1 Å². The lowest BCUT2D eigenvalue weighted by Gasteiger charge is -2.30. The van der Waals surface area contributed by atoms with Crippen LogP contribution in [0.3, 0.4) is 0 Å². The van der Waals surface area contributed by atoms with Gasteiger partial charge >= 0.3 is 0 Å². The van der Waals surface area contributed by atoms with Gasteiger partial charge in [0.05, 0.1) is 6.10 Å². The molecule has 0 aromatic heterocycles. The molecule has 0 saturated carbocycles. The highest BCUT2D eigenvalue weighted by Gasteiger charge is 2.30. The number of aliphatic hydroxyl groups is 1. The van der Waals surface area contributed by atoms with Crippen molar-refractivity contribution >= 4 is 0 Å². The van der Waals surface area contributed by atoms with E-state index < -0.39 is 23.2 Å². The first-order chi connectivity index (χ1) is 7.38. The molecule has 1 unspecified atom stereocenters. The molecule has 0 aliphatic carbocycles. The van der Waals surface area contributed by atoms with Gasteiger partial charge in [-0.15, -0.1) is 0 Å². The third kappa shape index (κ3) is 2.77. The third-order valence-corrected chi connectivity index (χ3v) is 2.63. The minimum absolute atomic E-state index is 0.127. The van der Waals surface area contributed by atoms with Gasteiger partial charge in [-0.1, -0.05) is 19.9 Å². The first-order valence-electron chi connectivity index (χ1n) is 5.16. The molecule has 0 heterocycles. The highest BCUT2D eigenvalue weighted by Crippen LogP contribution is 2.33. The summed E-state index contributed by atoms with van der Waals surface area (Å²) in [5, 5.41) is 13.0. The monoisotopic (exact) mass is 229 g/mol. The van der Waals surface area contributed by atoms with Crippen molar-refractivity contribution in [3.8, 4) is 0 Å². The molecule has 1 rings (SSSR count). The van der Waals surface area contributed by atoms with Crippen LogP contribution in [0.25, 0.3) is 0 Å². The summed E-state index contributed by atoms with van der Waals surface area (Å²) < 4.78 is 26.2. The molecule has 0 bridgehead atoms. The van der Waals surface area contributed by atoms with E-state index >= 15 is 0 Å². The Balaban J connectivity index is 3.00. The highest BCUT2D eigenvalue weighted by atomic mass is 19.1. The van der Waals surface area contributed by atoms with Gasteiger partial charge in [0.15, 0.2) is 0 Å². The largest absolute Gasteiger partial charge is 0.388 e. The van der Waals surface area contributed by atoms with Crippen LogP contribution in [-0.4, -0.2) is 18.7 Å². The Bertz CT molecular complexity index is 366. The lowest BCUT2D eigenvalue weighted by atomic mass is 9.82. The molecule has 2 nitrogen and oxygen atoms in total. The maximum atomic E-state index is 13.5. The van der Waals surface area contributed by atoms with E-state index in [1.165, 1.54) is 6.07 Å². The Morgan fingerprint density at radius 1 is 1.38 bits per heavy atom. The standard InChI is InChI=1S/C12H17F2NO/c1-12(2,7-15-3)11(16)9-5-4-8(13)6-10(9)14/h4-6,11,15-16H,7H2,1-3H3. The molecule has 1 atom stereocenters. The normalized spacial score (nSPS) is 13.9. The van der Waals surface area contributed by atoms with Crippen molar-refractivity contribution in [3.05, 3.63) is 35.4 Å². The quantitative estimate of drug-likeness (QED) is 0.830. The summed E-state index contributed by atoms with van der Waals surface area (Å²) in [6.07, 6.45) is -0.972. The Hall–Kier alpha value is -1.00. The van der Waals surface area contributed by atoms with Crippen molar-refractivity contribution in [3.63, 3.8) is 0 Å². The van der Waals surface area contributed by atoms with E-state index in [9.17, 15) is 13.9 Å². The van der Waals surface area contributed by atoms with Crippen LogP contribution in [-0.2, 0) is 0 Å². The first-order valence-corrected chi connectivity index (χ1v) is 5.16. The number of halogens is 2. The predicted octanol–water partition coefficient (Wildman–Crippen LogP) is 2.24. The summed E-state index contributed by atoms with van der Waals surface area (Å²) in [5.41, 5.74) is -0.394. The summed E-state index contributed by atoms with van der Waals surface area (Å²) in [4.78, 5) is 0. The van der Waals surface area contributed by atoms with Gasteiger partial charge in [0.2, 0.25) is 0 Å². The first kappa shape index (κ1) is 13.1. The van der Waals surface area contributed by atoms with E-state index in [0.29, 0.717) is 6.54 Å². The molecule has 0 radical (unpaired) electrons. The average Bonchev–Trinajstić information content (AvgIpc) is 2.16. The molecule has 1 aromatic carbocycles. The fourth-order valence-corrected chi connectivity index (χ4v) is 1.70. The zero-order valence-electron chi connectivity index (χ0n) is 9.72. The summed E-state index contributed by atoms with van der Waals surface area (Å²) >= 11 is 0. The van der Waals surface area contributed by atoms with Crippen LogP contribution in [0.4, 0.5) is 8.78 Å². The molecule has 0 saturated heterocycles. The summed E-state index contributed by atoms with van der Waals surface area (Å²) in [7, 11) is 1.76. The topological polar surface area (TPSA) is 32.3 Å². The number of hydrogen-bond donors (Lipinski definition) is 2. The van der Waals surface area contributed by atoms with E-state index in [1.54, 1.807) is 7.05 Å². The maximum Gasteiger partial charge on any atom is 0.131 e. The third-order valence-electron chi connectivity index (χ3n) is 2.63. The minimum atomic E-state index is -0.972. The molecule has 2 N–H and O–H groups in total. The van der Waals surface area contributed by atoms with Gasteiger partial charge in [-0.2, -0.15) is 0 Å². The molecule has 0 amide bonds. The average molecular weight is 229 g/mol. The second-order valence-corrected chi connectivity index (χ2v) is 4.59. The fraction of sp³-hybridized carbons (Fsp3) is 0.500. The fourth-order valence-electron chi connectivity index (χ4n) is 1.70. The second kappa shape index (κ2) is 4.89. The van der Waals surface area contributed by atoms with Crippen LogP contribution < -0.4 is 5.32 Å². The Labute approximate surface area is 94.3 Å². The number of nitrogens with one attached hydrogen (secondary N) is 1. The minimum Gasteiger partial charge on any atom is -0.388 e. The Morgan fingerprint density at radius 3 is 2.50 bits per heavy atom. The molecule has 4 heteroatoms. The smallest absolute Gasteiger partial charge is 0.131 e. The summed E-state index contributed by atoms with van der Waals surface area (Å²) in [6.45, 7) is 4.17. The van der Waals surface area contributed by atoms with Gasteiger partial charge in [0.25, 0.3) is 0 Å². The van der Waals surface area contributed by atoms with Crippen LogP contribution in [0.2, 0.25) is 0 Å². The Kier molecular flexibility index (Phi) is 3.99. The second-order valence-electron chi connectivity index (χ2n) is 4.59. The predicted molar refractivity (Wildman–Crippen MR) is 59.0 cm³/mol. The van der Waals surface area contributed by atoms with E-state index in [1.807, 2.05) is 13.8 Å². The molecular formula is C12H17F2NO. The van der Waals surface area contributed by atoms with Crippen LogP contribution in [0.15, 0.2) is 18.2 Å². The lowest BCUT2D eigenvalue weighted by Crippen LogP contribution is -2.33. The molecule has 0 aliphatic rings. The van der Waals surface area contributed by atoms with E-state index in [4.69, 9.17) is 0 Å². The van der Waals surface area contributed by atoms with Crippen molar-refractivity contribution in [1.82, 2.24) is 5.32 Å². The van der Waals surface area contributed by atoms with Crippen molar-refractivity contribution in [1.29, 1.82) is 0 Å². The van der Waals surface area contributed by atoms with Crippen molar-refractivity contribution in [2.75, 3.05) is 13.6 Å². The number of benzene rings is 1. The number of aliphatic hydroxyl groups excluding tert-OH is 1. The molecule has 0 spiro atoms. The molecular weight excluding hydrogens is 212 g/mol. The van der Waals surface area contributed by atoms with Crippen LogP contribution >= 0.6 is 0 Å². The van der Waals surface area contributed by atoms with Crippen molar-refractivity contribution in [2.45, 2.75) is 20.0 Å². The zero-order valence-corrected chi connectivity index (χ0v) is 9.72. The molecule has 1 aromatic rings. The summed E-state index contributed by atoms with van der Waals surface area (Å²) in [6, 6.07) is 3.22. The van der Waals surface area contributed by atoms with Crippen LogP contribution in [0.5, 0.6) is 0 Å². The van der Waals surface area contributed by atoms with Gasteiger partial charge in [-0.25, -0.2) is 8.78 Å². The number of hydrogen-bond acceptors (Lipinski definition) is 2. The van der Waals surface area contributed by atoms with Gasteiger partial charge in [0, 0.05) is 23.6 Å². The van der Waals surface area contributed by atoms with Crippen LogP contribution in [0.1, 0.15) is 25.5 Å². The van der Waals surface area contributed by atoms with Gasteiger partial charge in [-0.3, -0.25) is 0 Å². The maximum absolute atomic E-state index is 13.5. The lowest BCUT2D eigenvalue weighted by molar-refractivity contribution is 0.0475. The van der Waals surface area contributed by atoms with Crippen molar-refractivity contribution < 1.29 is 13.9 Å². The van der Waals surface area contributed by atoms with E-state index in [2.05, 4.69) is 5.32 Å². The van der Waals surface area contributed by atoms with Crippen LogP contribution in [0, 0.1) is 17.0 Å². The zero-order chi connectivity index (χ0) is 12.3. The highest BCUT2D eigenvalue weighted by molar-refractivity contribution is 5.22. The molecule has 0 fully saturated rings. The SMILES string of the molecule is CNCC(C)(C)C(O)c1ccc(F)cc1F. The Morgan fingerprint density at radius 2 is 2.00 bits per heavy atom. The van der Waals surface area contributed by atoms with Gasteiger partial charge in [0.1, 0.15) is 11.6 Å². The summed E-state index contributed by atoms with van der Waals surface area (Å²) in [5.74, 6) is -1.35. The van der Waals surface area contributed by atoms with Gasteiger partial charge < -0.3 is 10.4 Å². The molecule has 90 valence electrons.